The third kappa shape index (κ3) is 3.94. The summed E-state index contributed by atoms with van der Waals surface area (Å²) >= 11 is 0.609. The van der Waals surface area contributed by atoms with Crippen LogP contribution in [0.1, 0.15) is 48.7 Å². The maximum atomic E-state index is 14.6. The highest BCUT2D eigenvalue weighted by Gasteiger charge is 2.74. The molecule has 0 heterocycles. The molecule has 1 aromatic carbocycles. The van der Waals surface area contributed by atoms with Crippen LogP contribution in [0.4, 0.5) is 30.7 Å². The van der Waals surface area contributed by atoms with E-state index in [1.54, 1.807) is 13.8 Å². The summed E-state index contributed by atoms with van der Waals surface area (Å²) in [6.45, 7) is 4.58. The van der Waals surface area contributed by atoms with Gasteiger partial charge in [0.25, 0.3) is 0 Å². The van der Waals surface area contributed by atoms with E-state index in [9.17, 15) is 40.6 Å². The molecule has 148 valence electrons. The highest BCUT2D eigenvalue weighted by molar-refractivity contribution is 8.00. The van der Waals surface area contributed by atoms with Crippen LogP contribution in [0.5, 0.6) is 0 Å². The van der Waals surface area contributed by atoms with Crippen LogP contribution in [0.3, 0.4) is 0 Å². The molecule has 0 fully saturated rings. The number of alkyl halides is 7. The molecule has 0 bridgehead atoms. The summed E-state index contributed by atoms with van der Waals surface area (Å²) in [4.78, 5) is 10.7. The van der Waals surface area contributed by atoms with Gasteiger partial charge in [-0.25, -0.2) is 9.18 Å². The lowest BCUT2D eigenvalue weighted by molar-refractivity contribution is -0.349. The molecule has 0 amide bonds. The molecule has 1 aromatic rings. The van der Waals surface area contributed by atoms with Crippen molar-refractivity contribution in [3.8, 4) is 0 Å². The Balaban J connectivity index is 3.92. The van der Waals surface area contributed by atoms with Crippen LogP contribution in [0.2, 0.25) is 0 Å². The van der Waals surface area contributed by atoms with Gasteiger partial charge in [0.1, 0.15) is 0 Å². The van der Waals surface area contributed by atoms with Crippen molar-refractivity contribution in [3.63, 3.8) is 0 Å². The molecular weight excluding hydrogens is 389 g/mol. The Morgan fingerprint density at radius 1 is 1.08 bits per heavy atom. The zero-order chi connectivity index (χ0) is 20.5. The molecule has 0 aliphatic heterocycles. The number of benzene rings is 1. The predicted octanol–water partition coefficient (Wildman–Crippen LogP) is 6.13. The fraction of sp³-hybridized carbons (Fsp3) is 0.562. The topological polar surface area (TPSA) is 37.3 Å². The Labute approximate surface area is 149 Å². The van der Waals surface area contributed by atoms with Crippen molar-refractivity contribution in [3.05, 3.63) is 28.8 Å². The standard InChI is InChI=1S/C16H17F7O2S/c1-4-8(3)26-12-9(5-2)10(13(24)25)6-7-11(12)14(17,15(18,19)20)16(21,22)23/h6-8H,4-5H2,1-3H3,(H,24,25)/t8-/m1/s1. The number of rotatable bonds is 6. The van der Waals surface area contributed by atoms with Gasteiger partial charge in [-0.3, -0.25) is 0 Å². The van der Waals surface area contributed by atoms with Gasteiger partial charge in [0, 0.05) is 15.7 Å². The summed E-state index contributed by atoms with van der Waals surface area (Å²) in [5, 5.41) is 8.73. The molecule has 1 atom stereocenters. The van der Waals surface area contributed by atoms with Gasteiger partial charge in [-0.2, -0.15) is 26.3 Å². The SMILES string of the molecule is CCc1c(C(=O)O)ccc(C(F)(C(F)(F)F)C(F)(F)F)c1S[C@H](C)CC. The average molecular weight is 406 g/mol. The lowest BCUT2D eigenvalue weighted by Crippen LogP contribution is -2.50. The van der Waals surface area contributed by atoms with Gasteiger partial charge < -0.3 is 5.11 Å². The minimum Gasteiger partial charge on any atom is -0.478 e. The van der Waals surface area contributed by atoms with Gasteiger partial charge in [0.05, 0.1) is 5.56 Å². The van der Waals surface area contributed by atoms with Crippen molar-refractivity contribution in [2.45, 2.75) is 61.8 Å². The van der Waals surface area contributed by atoms with Gasteiger partial charge in [0.2, 0.25) is 0 Å². The van der Waals surface area contributed by atoms with Crippen molar-refractivity contribution < 1.29 is 40.6 Å². The van der Waals surface area contributed by atoms with Crippen LogP contribution >= 0.6 is 11.8 Å². The number of thioether (sulfide) groups is 1. The minimum absolute atomic E-state index is 0.167. The molecule has 2 nitrogen and oxygen atoms in total. The molecule has 26 heavy (non-hydrogen) atoms. The Bertz CT molecular complexity index is 654. The quantitative estimate of drug-likeness (QED) is 0.456. The average Bonchev–Trinajstić information content (AvgIpc) is 2.50. The van der Waals surface area contributed by atoms with Crippen LogP contribution in [-0.2, 0) is 12.1 Å². The largest absolute Gasteiger partial charge is 0.478 e. The summed E-state index contributed by atoms with van der Waals surface area (Å²) in [7, 11) is 0. The van der Waals surface area contributed by atoms with E-state index in [2.05, 4.69) is 0 Å². The maximum Gasteiger partial charge on any atom is 0.435 e. The van der Waals surface area contributed by atoms with Gasteiger partial charge in [0.15, 0.2) is 0 Å². The zero-order valence-corrected chi connectivity index (χ0v) is 14.9. The van der Waals surface area contributed by atoms with E-state index >= 15 is 0 Å². The second-order valence-corrected chi connectivity index (χ2v) is 7.07. The van der Waals surface area contributed by atoms with Gasteiger partial charge in [-0.15, -0.1) is 11.8 Å². The Kier molecular flexibility index (Phi) is 6.65. The molecule has 0 saturated heterocycles. The summed E-state index contributed by atoms with van der Waals surface area (Å²) in [5.74, 6) is -1.51. The van der Waals surface area contributed by atoms with Crippen molar-refractivity contribution in [1.29, 1.82) is 0 Å². The van der Waals surface area contributed by atoms with E-state index in [-0.39, 0.29) is 18.1 Å². The Morgan fingerprint density at radius 3 is 1.92 bits per heavy atom. The highest BCUT2D eigenvalue weighted by atomic mass is 32.2. The predicted molar refractivity (Wildman–Crippen MR) is 83.3 cm³/mol. The number of carboxylic acid groups (broad SMARTS) is 1. The van der Waals surface area contributed by atoms with Gasteiger partial charge in [-0.05, 0) is 24.5 Å². The first kappa shape index (κ1) is 22.6. The second-order valence-electron chi connectivity index (χ2n) is 5.62. The van der Waals surface area contributed by atoms with Crippen molar-refractivity contribution in [2.75, 3.05) is 0 Å². The fourth-order valence-corrected chi connectivity index (χ4v) is 3.64. The first-order chi connectivity index (χ1) is 11.7. The highest BCUT2D eigenvalue weighted by Crippen LogP contribution is 2.56. The van der Waals surface area contributed by atoms with Crippen molar-refractivity contribution in [1.82, 2.24) is 0 Å². The molecule has 0 saturated carbocycles. The van der Waals surface area contributed by atoms with Crippen LogP contribution in [0.15, 0.2) is 17.0 Å². The summed E-state index contributed by atoms with van der Waals surface area (Å²) in [6.07, 6.45) is -12.3. The van der Waals surface area contributed by atoms with E-state index in [1.165, 1.54) is 6.92 Å². The maximum absolute atomic E-state index is 14.6. The van der Waals surface area contributed by atoms with E-state index in [0.717, 1.165) is 0 Å². The van der Waals surface area contributed by atoms with Crippen molar-refractivity contribution in [2.24, 2.45) is 0 Å². The van der Waals surface area contributed by atoms with E-state index in [1.807, 2.05) is 0 Å². The molecule has 1 N–H and O–H groups in total. The second kappa shape index (κ2) is 7.66. The van der Waals surface area contributed by atoms with Gasteiger partial charge in [-0.1, -0.05) is 26.8 Å². The first-order valence-corrected chi connectivity index (χ1v) is 8.48. The number of carboxylic acids is 1. The Hall–Kier alpha value is -1.45. The zero-order valence-electron chi connectivity index (χ0n) is 14.1. The molecule has 0 aliphatic carbocycles. The van der Waals surface area contributed by atoms with Crippen LogP contribution < -0.4 is 0 Å². The molecule has 1 rings (SSSR count). The van der Waals surface area contributed by atoms with Gasteiger partial charge >= 0.3 is 24.0 Å². The third-order valence-corrected chi connectivity index (χ3v) is 5.33. The number of hydrogen-bond donors (Lipinski definition) is 1. The molecule has 0 spiro atoms. The summed E-state index contributed by atoms with van der Waals surface area (Å²) in [6, 6.07) is 0.858. The summed E-state index contributed by atoms with van der Waals surface area (Å²) < 4.78 is 93.5. The monoisotopic (exact) mass is 406 g/mol. The first-order valence-electron chi connectivity index (χ1n) is 7.60. The molecule has 0 aromatic heterocycles. The van der Waals surface area contributed by atoms with E-state index in [0.29, 0.717) is 24.2 Å². The van der Waals surface area contributed by atoms with E-state index in [4.69, 9.17) is 0 Å². The number of carbonyl (C=O) groups is 1. The Morgan fingerprint density at radius 2 is 1.58 bits per heavy atom. The normalized spacial score (nSPS) is 14.4. The third-order valence-electron chi connectivity index (χ3n) is 3.89. The number of aromatic carboxylic acids is 1. The molecular formula is C16H17F7O2S. The lowest BCUT2D eigenvalue weighted by atomic mass is 9.90. The number of hydrogen-bond acceptors (Lipinski definition) is 2. The molecule has 10 heteroatoms. The molecule has 0 unspecified atom stereocenters. The van der Waals surface area contributed by atoms with Crippen LogP contribution in [0.25, 0.3) is 0 Å². The smallest absolute Gasteiger partial charge is 0.435 e. The van der Waals surface area contributed by atoms with E-state index < -0.39 is 45.3 Å². The lowest BCUT2D eigenvalue weighted by Gasteiger charge is -2.33. The van der Waals surface area contributed by atoms with Crippen molar-refractivity contribution >= 4 is 17.7 Å². The van der Waals surface area contributed by atoms with Crippen LogP contribution in [-0.4, -0.2) is 28.7 Å². The molecule has 0 radical (unpaired) electrons. The van der Waals surface area contributed by atoms with Crippen LogP contribution in [0, 0.1) is 0 Å². The minimum atomic E-state index is -6.26. The fourth-order valence-electron chi connectivity index (χ4n) is 2.34. The molecule has 0 aliphatic rings. The summed E-state index contributed by atoms with van der Waals surface area (Å²) in [5.41, 5.74) is -7.93. The number of halogens is 7.